The van der Waals surface area contributed by atoms with E-state index in [2.05, 4.69) is 39.5 Å². The minimum Gasteiger partial charge on any atom is -0.361 e. The largest absolute Gasteiger partial charge is 0.361 e. The Morgan fingerprint density at radius 1 is 1.00 bits per heavy atom. The van der Waals surface area contributed by atoms with Crippen LogP contribution in [0.2, 0.25) is 0 Å². The summed E-state index contributed by atoms with van der Waals surface area (Å²) in [7, 11) is 0. The molecule has 0 atom stereocenters. The molecule has 6 nitrogen and oxygen atoms in total. The van der Waals surface area contributed by atoms with Gasteiger partial charge >= 0.3 is 11.8 Å². The zero-order chi connectivity index (χ0) is 19.5. The number of aryl methyl sites for hydroxylation is 1. The normalized spacial score (nSPS) is 15.0. The Kier molecular flexibility index (Phi) is 5.12. The third kappa shape index (κ3) is 3.92. The Morgan fingerprint density at radius 3 is 2.50 bits per heavy atom. The molecule has 6 heteroatoms. The van der Waals surface area contributed by atoms with Gasteiger partial charge in [-0.25, -0.2) is 0 Å². The van der Waals surface area contributed by atoms with Gasteiger partial charge in [0.1, 0.15) is 0 Å². The highest BCUT2D eigenvalue weighted by atomic mass is 16.2. The van der Waals surface area contributed by atoms with Crippen LogP contribution in [0, 0.1) is 6.92 Å². The molecule has 144 valence electrons. The molecule has 1 fully saturated rings. The van der Waals surface area contributed by atoms with E-state index in [9.17, 15) is 9.59 Å². The molecule has 1 aliphatic heterocycles. The second-order valence-electron chi connectivity index (χ2n) is 7.25. The van der Waals surface area contributed by atoms with E-state index in [-0.39, 0.29) is 0 Å². The lowest BCUT2D eigenvalue weighted by Crippen LogP contribution is -2.51. The maximum atomic E-state index is 12.5. The zero-order valence-electron chi connectivity index (χ0n) is 15.9. The van der Waals surface area contributed by atoms with Crippen LogP contribution in [-0.2, 0) is 16.1 Å². The third-order valence-electron chi connectivity index (χ3n) is 5.23. The first-order chi connectivity index (χ1) is 13.6. The van der Waals surface area contributed by atoms with Crippen LogP contribution in [0.5, 0.6) is 0 Å². The van der Waals surface area contributed by atoms with E-state index in [1.54, 1.807) is 17.0 Å². The predicted octanol–water partition coefficient (Wildman–Crippen LogP) is 2.76. The highest BCUT2D eigenvalue weighted by Crippen LogP contribution is 2.19. The second-order valence-corrected chi connectivity index (χ2v) is 7.25. The Balaban J connectivity index is 1.32. The number of aromatic amines is 1. The fraction of sp³-hybridized carbons (Fsp3) is 0.273. The topological polar surface area (TPSA) is 68.4 Å². The van der Waals surface area contributed by atoms with Gasteiger partial charge in [0.2, 0.25) is 0 Å². The molecule has 2 N–H and O–H groups in total. The quantitative estimate of drug-likeness (QED) is 0.691. The zero-order valence-corrected chi connectivity index (χ0v) is 15.9. The van der Waals surface area contributed by atoms with Crippen molar-refractivity contribution in [2.24, 2.45) is 0 Å². The first kappa shape index (κ1) is 18.3. The molecule has 1 aromatic heterocycles. The van der Waals surface area contributed by atoms with Crippen LogP contribution in [-0.4, -0.2) is 52.8 Å². The van der Waals surface area contributed by atoms with Crippen LogP contribution in [0.1, 0.15) is 11.1 Å². The molecule has 0 unspecified atom stereocenters. The van der Waals surface area contributed by atoms with Crippen molar-refractivity contribution >= 4 is 28.4 Å². The number of H-pyrrole nitrogens is 1. The molecule has 0 radical (unpaired) electrons. The smallest absolute Gasteiger partial charge is 0.313 e. The third-order valence-corrected chi connectivity index (χ3v) is 5.23. The summed E-state index contributed by atoms with van der Waals surface area (Å²) in [6.45, 7) is 5.42. The number of rotatable bonds is 3. The number of piperazine rings is 1. The summed E-state index contributed by atoms with van der Waals surface area (Å²) in [6.07, 6.45) is 1.96. The van der Waals surface area contributed by atoms with E-state index >= 15 is 0 Å². The van der Waals surface area contributed by atoms with Crippen LogP contribution >= 0.6 is 0 Å². The fourth-order valence-electron chi connectivity index (χ4n) is 3.60. The molecular weight excluding hydrogens is 352 g/mol. The molecule has 2 amide bonds. The van der Waals surface area contributed by atoms with Gasteiger partial charge in [-0.2, -0.15) is 0 Å². The molecule has 2 heterocycles. The summed E-state index contributed by atoms with van der Waals surface area (Å²) in [6, 6.07) is 15.8. The first-order valence-corrected chi connectivity index (χ1v) is 9.54. The van der Waals surface area contributed by atoms with Crippen LogP contribution in [0.25, 0.3) is 10.9 Å². The van der Waals surface area contributed by atoms with Gasteiger partial charge in [0.15, 0.2) is 0 Å². The number of aromatic nitrogens is 1. The Bertz CT molecular complexity index is 985. The van der Waals surface area contributed by atoms with Crippen molar-refractivity contribution in [3.63, 3.8) is 0 Å². The highest BCUT2D eigenvalue weighted by Gasteiger charge is 2.26. The van der Waals surface area contributed by atoms with Crippen molar-refractivity contribution in [3.8, 4) is 0 Å². The summed E-state index contributed by atoms with van der Waals surface area (Å²) in [5, 5.41) is 3.89. The lowest BCUT2D eigenvalue weighted by atomic mass is 10.1. The van der Waals surface area contributed by atoms with Crippen LogP contribution in [0.3, 0.4) is 0 Å². The number of hydrogen-bond acceptors (Lipinski definition) is 3. The number of carbonyl (C=O) groups is 2. The van der Waals surface area contributed by atoms with Gasteiger partial charge in [-0.3, -0.25) is 14.5 Å². The monoisotopic (exact) mass is 376 g/mol. The van der Waals surface area contributed by atoms with E-state index < -0.39 is 11.8 Å². The molecule has 0 saturated carbocycles. The number of nitrogens with zero attached hydrogens (tertiary/aromatic N) is 2. The number of para-hydroxylation sites is 1. The van der Waals surface area contributed by atoms with E-state index in [1.807, 2.05) is 25.3 Å². The van der Waals surface area contributed by atoms with Gasteiger partial charge in [0.05, 0.1) is 0 Å². The number of carbonyl (C=O) groups excluding carboxylic acids is 2. The van der Waals surface area contributed by atoms with Gasteiger partial charge in [0, 0.05) is 50.1 Å². The number of amides is 2. The number of nitrogens with one attached hydrogen (secondary N) is 2. The van der Waals surface area contributed by atoms with Crippen LogP contribution in [0.4, 0.5) is 5.69 Å². The maximum absolute atomic E-state index is 12.5. The number of anilines is 1. The second kappa shape index (κ2) is 7.86. The molecule has 3 aromatic rings. The lowest BCUT2D eigenvalue weighted by molar-refractivity contribution is -0.144. The van der Waals surface area contributed by atoms with Crippen LogP contribution < -0.4 is 5.32 Å². The molecule has 1 saturated heterocycles. The van der Waals surface area contributed by atoms with Crippen LogP contribution in [0.15, 0.2) is 54.7 Å². The minimum atomic E-state index is -0.576. The van der Waals surface area contributed by atoms with Crippen molar-refractivity contribution in [2.75, 3.05) is 31.5 Å². The van der Waals surface area contributed by atoms with E-state index in [0.29, 0.717) is 18.8 Å². The van der Waals surface area contributed by atoms with Gasteiger partial charge in [0.25, 0.3) is 0 Å². The summed E-state index contributed by atoms with van der Waals surface area (Å²) in [5.41, 5.74) is 4.16. The fourth-order valence-corrected chi connectivity index (χ4v) is 3.60. The summed E-state index contributed by atoms with van der Waals surface area (Å²) in [4.78, 5) is 32.0. The number of hydrogen-bond donors (Lipinski definition) is 2. The van der Waals surface area contributed by atoms with Gasteiger partial charge in [-0.05, 0) is 36.1 Å². The van der Waals surface area contributed by atoms with Crippen molar-refractivity contribution in [1.82, 2.24) is 14.8 Å². The Hall–Kier alpha value is -3.12. The minimum absolute atomic E-state index is 0.466. The average Bonchev–Trinajstić information content (AvgIpc) is 3.20. The SMILES string of the molecule is Cc1ccc(NC(=O)C(=O)N2CCN(Cc3cccc4cc[nH]c34)CC2)cc1. The number of benzene rings is 2. The van der Waals surface area contributed by atoms with E-state index in [0.717, 1.165) is 25.2 Å². The molecule has 1 aliphatic rings. The molecule has 0 spiro atoms. The lowest BCUT2D eigenvalue weighted by Gasteiger charge is -2.34. The highest BCUT2D eigenvalue weighted by molar-refractivity contribution is 6.39. The van der Waals surface area contributed by atoms with Gasteiger partial charge < -0.3 is 15.2 Å². The van der Waals surface area contributed by atoms with Gasteiger partial charge in [-0.1, -0.05) is 35.9 Å². The molecule has 2 aromatic carbocycles. The maximum Gasteiger partial charge on any atom is 0.313 e. The summed E-state index contributed by atoms with van der Waals surface area (Å²) < 4.78 is 0. The van der Waals surface area contributed by atoms with E-state index in [1.165, 1.54) is 16.5 Å². The summed E-state index contributed by atoms with van der Waals surface area (Å²) >= 11 is 0. The first-order valence-electron chi connectivity index (χ1n) is 9.54. The van der Waals surface area contributed by atoms with E-state index in [4.69, 9.17) is 0 Å². The predicted molar refractivity (Wildman–Crippen MR) is 110 cm³/mol. The van der Waals surface area contributed by atoms with Crippen molar-refractivity contribution in [2.45, 2.75) is 13.5 Å². The van der Waals surface area contributed by atoms with Gasteiger partial charge in [-0.15, -0.1) is 0 Å². The van der Waals surface area contributed by atoms with Crippen molar-refractivity contribution < 1.29 is 9.59 Å². The average molecular weight is 376 g/mol. The molecular formula is C22H24N4O2. The standard InChI is InChI=1S/C22H24N4O2/c1-16-5-7-19(8-6-16)24-21(27)22(28)26-13-11-25(12-14-26)15-18-4-2-3-17-9-10-23-20(17)18/h2-10,23H,11-15H2,1H3,(H,24,27). The van der Waals surface area contributed by atoms with Crippen molar-refractivity contribution in [1.29, 1.82) is 0 Å². The molecule has 4 rings (SSSR count). The molecule has 0 bridgehead atoms. The Labute approximate surface area is 164 Å². The number of fused-ring (bicyclic) bond motifs is 1. The molecule has 0 aliphatic carbocycles. The summed E-state index contributed by atoms with van der Waals surface area (Å²) in [5.74, 6) is -1.04. The Morgan fingerprint density at radius 2 is 1.75 bits per heavy atom. The molecule has 28 heavy (non-hydrogen) atoms. The van der Waals surface area contributed by atoms with Crippen molar-refractivity contribution in [3.05, 3.63) is 65.9 Å².